The Labute approximate surface area is 113 Å². The molecular formula is C14H13F3N2O. The predicted octanol–water partition coefficient (Wildman–Crippen LogP) is 3.59. The van der Waals surface area contributed by atoms with Crippen LogP contribution in [0.2, 0.25) is 0 Å². The Morgan fingerprint density at radius 1 is 1.15 bits per heavy atom. The summed E-state index contributed by atoms with van der Waals surface area (Å²) < 4.78 is 40.7. The summed E-state index contributed by atoms with van der Waals surface area (Å²) in [5.41, 5.74) is 9.16. The highest BCUT2D eigenvalue weighted by Crippen LogP contribution is 2.34. The van der Waals surface area contributed by atoms with Crippen molar-refractivity contribution in [1.82, 2.24) is 4.98 Å². The molecule has 0 amide bonds. The second kappa shape index (κ2) is 4.54. The molecule has 3 nitrogen and oxygen atoms in total. The molecule has 1 aliphatic rings. The first-order chi connectivity index (χ1) is 9.44. The molecule has 0 radical (unpaired) electrons. The fourth-order valence-corrected chi connectivity index (χ4v) is 2.64. The lowest BCUT2D eigenvalue weighted by atomic mass is 9.93. The van der Waals surface area contributed by atoms with Crippen LogP contribution in [0.15, 0.2) is 18.2 Å². The Morgan fingerprint density at radius 2 is 1.90 bits per heavy atom. The molecule has 0 unspecified atom stereocenters. The smallest absolute Gasteiger partial charge is 0.406 e. The van der Waals surface area contributed by atoms with Crippen LogP contribution in [-0.2, 0) is 12.8 Å². The zero-order valence-corrected chi connectivity index (χ0v) is 10.6. The lowest BCUT2D eigenvalue weighted by Crippen LogP contribution is -2.17. The van der Waals surface area contributed by atoms with Crippen molar-refractivity contribution in [2.75, 3.05) is 5.73 Å². The van der Waals surface area contributed by atoms with Gasteiger partial charge in [-0.15, -0.1) is 13.2 Å². The molecule has 0 atom stereocenters. The molecule has 1 aliphatic carbocycles. The van der Waals surface area contributed by atoms with Gasteiger partial charge >= 0.3 is 6.36 Å². The summed E-state index contributed by atoms with van der Waals surface area (Å²) in [5, 5.41) is 0.521. The van der Waals surface area contributed by atoms with E-state index in [1.807, 2.05) is 0 Å². The number of hydrogen-bond donors (Lipinski definition) is 1. The van der Waals surface area contributed by atoms with E-state index in [0.29, 0.717) is 16.6 Å². The molecule has 1 aromatic carbocycles. The van der Waals surface area contributed by atoms with E-state index < -0.39 is 6.36 Å². The SMILES string of the molecule is Nc1c2c(nc3ccc(OC(F)(F)F)cc13)CCCC2. The average Bonchev–Trinajstić information content (AvgIpc) is 2.38. The lowest BCUT2D eigenvalue weighted by Gasteiger charge is -2.19. The summed E-state index contributed by atoms with van der Waals surface area (Å²) in [4.78, 5) is 4.50. The Hall–Kier alpha value is -1.98. The van der Waals surface area contributed by atoms with Crippen molar-refractivity contribution >= 4 is 16.6 Å². The number of rotatable bonds is 1. The molecule has 0 fully saturated rings. The van der Waals surface area contributed by atoms with Gasteiger partial charge in [-0.05, 0) is 49.4 Å². The van der Waals surface area contributed by atoms with Crippen LogP contribution in [0.4, 0.5) is 18.9 Å². The predicted molar refractivity (Wildman–Crippen MR) is 69.5 cm³/mol. The van der Waals surface area contributed by atoms with Crippen molar-refractivity contribution in [2.24, 2.45) is 0 Å². The molecule has 0 saturated carbocycles. The molecule has 0 saturated heterocycles. The quantitative estimate of drug-likeness (QED) is 0.869. The second-order valence-electron chi connectivity index (χ2n) is 4.88. The van der Waals surface area contributed by atoms with E-state index in [0.717, 1.165) is 36.9 Å². The summed E-state index contributed by atoms with van der Waals surface area (Å²) in [5.74, 6) is -0.269. The van der Waals surface area contributed by atoms with E-state index in [9.17, 15) is 13.2 Å². The first-order valence-corrected chi connectivity index (χ1v) is 6.41. The summed E-state index contributed by atoms with van der Waals surface area (Å²) in [6.07, 6.45) is -0.905. The van der Waals surface area contributed by atoms with Crippen molar-refractivity contribution in [2.45, 2.75) is 32.0 Å². The molecule has 2 N–H and O–H groups in total. The molecule has 20 heavy (non-hydrogen) atoms. The van der Waals surface area contributed by atoms with Crippen molar-refractivity contribution in [3.8, 4) is 5.75 Å². The van der Waals surface area contributed by atoms with Gasteiger partial charge in [0.05, 0.1) is 5.52 Å². The summed E-state index contributed by atoms with van der Waals surface area (Å²) >= 11 is 0. The lowest BCUT2D eigenvalue weighted by molar-refractivity contribution is -0.274. The summed E-state index contributed by atoms with van der Waals surface area (Å²) in [7, 11) is 0. The molecule has 1 heterocycles. The first-order valence-electron chi connectivity index (χ1n) is 6.41. The van der Waals surface area contributed by atoms with Crippen molar-refractivity contribution in [3.63, 3.8) is 0 Å². The minimum Gasteiger partial charge on any atom is -0.406 e. The topological polar surface area (TPSA) is 48.1 Å². The summed E-state index contributed by atoms with van der Waals surface area (Å²) in [6, 6.07) is 4.08. The number of aryl methyl sites for hydroxylation is 1. The van der Waals surface area contributed by atoms with Gasteiger partial charge < -0.3 is 10.5 Å². The average molecular weight is 282 g/mol. The number of ether oxygens (including phenoxy) is 1. The van der Waals surface area contributed by atoms with Gasteiger partial charge in [-0.2, -0.15) is 0 Å². The largest absolute Gasteiger partial charge is 0.573 e. The minimum atomic E-state index is -4.70. The third-order valence-electron chi connectivity index (χ3n) is 3.51. The van der Waals surface area contributed by atoms with E-state index in [1.165, 1.54) is 18.2 Å². The monoisotopic (exact) mass is 282 g/mol. The molecule has 2 aromatic rings. The van der Waals surface area contributed by atoms with Crippen molar-refractivity contribution < 1.29 is 17.9 Å². The number of pyridine rings is 1. The molecule has 1 aromatic heterocycles. The maximum atomic E-state index is 12.2. The maximum Gasteiger partial charge on any atom is 0.573 e. The van der Waals surface area contributed by atoms with Gasteiger partial charge in [0.15, 0.2) is 0 Å². The number of hydrogen-bond acceptors (Lipinski definition) is 3. The molecule has 6 heteroatoms. The molecule has 0 aliphatic heterocycles. The van der Waals surface area contributed by atoms with E-state index in [1.54, 1.807) is 0 Å². The normalized spacial score (nSPS) is 15.2. The van der Waals surface area contributed by atoms with E-state index >= 15 is 0 Å². The van der Waals surface area contributed by atoms with Gasteiger partial charge in [0, 0.05) is 16.8 Å². The Balaban J connectivity index is 2.11. The van der Waals surface area contributed by atoms with Gasteiger partial charge in [-0.3, -0.25) is 4.98 Å². The number of alkyl halides is 3. The summed E-state index contributed by atoms with van der Waals surface area (Å²) in [6.45, 7) is 0. The van der Waals surface area contributed by atoms with Crippen LogP contribution in [0.3, 0.4) is 0 Å². The van der Waals surface area contributed by atoms with Crippen LogP contribution in [0, 0.1) is 0 Å². The third-order valence-corrected chi connectivity index (χ3v) is 3.51. The third kappa shape index (κ3) is 2.37. The van der Waals surface area contributed by atoms with E-state index in [4.69, 9.17) is 5.73 Å². The van der Waals surface area contributed by atoms with Crippen LogP contribution in [0.5, 0.6) is 5.75 Å². The number of aromatic nitrogens is 1. The van der Waals surface area contributed by atoms with Crippen LogP contribution < -0.4 is 10.5 Å². The molecular weight excluding hydrogens is 269 g/mol. The van der Waals surface area contributed by atoms with Crippen LogP contribution in [0.1, 0.15) is 24.1 Å². The second-order valence-corrected chi connectivity index (χ2v) is 4.88. The fourth-order valence-electron chi connectivity index (χ4n) is 2.64. The van der Waals surface area contributed by atoms with Crippen LogP contribution in [0.25, 0.3) is 10.9 Å². The van der Waals surface area contributed by atoms with Gasteiger partial charge in [-0.1, -0.05) is 0 Å². The molecule has 0 spiro atoms. The Bertz CT molecular complexity index is 667. The molecule has 106 valence electrons. The highest BCUT2D eigenvalue weighted by atomic mass is 19.4. The molecule has 0 bridgehead atoms. The highest BCUT2D eigenvalue weighted by molar-refractivity contribution is 5.93. The number of benzene rings is 1. The zero-order valence-electron chi connectivity index (χ0n) is 10.6. The number of nitrogens with two attached hydrogens (primary N) is 1. The number of fused-ring (bicyclic) bond motifs is 2. The Kier molecular flexibility index (Phi) is 2.96. The van der Waals surface area contributed by atoms with E-state index in [-0.39, 0.29) is 5.75 Å². The van der Waals surface area contributed by atoms with Gasteiger partial charge in [0.25, 0.3) is 0 Å². The van der Waals surface area contributed by atoms with Crippen LogP contribution in [-0.4, -0.2) is 11.3 Å². The standard InChI is InChI=1S/C14H13F3N2O/c15-14(16,17)20-8-5-6-12-10(7-8)13(18)9-3-1-2-4-11(9)19-12/h5-7H,1-4H2,(H2,18,19). The van der Waals surface area contributed by atoms with Gasteiger partial charge in [0.1, 0.15) is 5.75 Å². The van der Waals surface area contributed by atoms with Gasteiger partial charge in [0.2, 0.25) is 0 Å². The number of anilines is 1. The van der Waals surface area contributed by atoms with Crippen molar-refractivity contribution in [1.29, 1.82) is 0 Å². The van der Waals surface area contributed by atoms with E-state index in [2.05, 4.69) is 9.72 Å². The number of nitrogen functional groups attached to an aromatic ring is 1. The van der Waals surface area contributed by atoms with Gasteiger partial charge in [-0.25, -0.2) is 0 Å². The fraction of sp³-hybridized carbons (Fsp3) is 0.357. The Morgan fingerprint density at radius 3 is 2.65 bits per heavy atom. The number of nitrogens with zero attached hydrogens (tertiary/aromatic N) is 1. The highest BCUT2D eigenvalue weighted by Gasteiger charge is 2.31. The minimum absolute atomic E-state index is 0.269. The maximum absolute atomic E-state index is 12.2. The first kappa shape index (κ1) is 13.0. The van der Waals surface area contributed by atoms with Crippen LogP contribution >= 0.6 is 0 Å². The van der Waals surface area contributed by atoms with Crippen molar-refractivity contribution in [3.05, 3.63) is 29.5 Å². The number of halogens is 3. The zero-order chi connectivity index (χ0) is 14.3. The molecule has 3 rings (SSSR count).